The van der Waals surface area contributed by atoms with Crippen LogP contribution in [0.1, 0.15) is 31.7 Å². The number of carbonyl (C=O) groups is 1. The number of hydrogen-bond acceptors (Lipinski definition) is 6. The second-order valence-electron chi connectivity index (χ2n) is 6.14. The first-order chi connectivity index (χ1) is 13.7. The second-order valence-corrected chi connectivity index (χ2v) is 6.14. The molecule has 0 atom stereocenters. The lowest BCUT2D eigenvalue weighted by Gasteiger charge is -2.09. The number of rotatable bonds is 14. The van der Waals surface area contributed by atoms with Gasteiger partial charge < -0.3 is 24.8 Å². The van der Waals surface area contributed by atoms with Crippen molar-refractivity contribution in [2.45, 2.75) is 32.6 Å². The summed E-state index contributed by atoms with van der Waals surface area (Å²) in [6.45, 7) is 4.53. The maximum atomic E-state index is 12.0. The summed E-state index contributed by atoms with van der Waals surface area (Å²) in [6.07, 6.45) is 5.04. The third-order valence-electron chi connectivity index (χ3n) is 4.01. The number of nitriles is 1. The molecule has 28 heavy (non-hydrogen) atoms. The molecule has 2 N–H and O–H groups in total. The number of hydrogen-bond donors (Lipinski definition) is 2. The van der Waals surface area contributed by atoms with E-state index in [2.05, 4.69) is 17.6 Å². The van der Waals surface area contributed by atoms with Gasteiger partial charge in [0.05, 0.1) is 14.2 Å². The van der Waals surface area contributed by atoms with Gasteiger partial charge in [0.25, 0.3) is 5.91 Å². The van der Waals surface area contributed by atoms with Crippen LogP contribution in [0.3, 0.4) is 0 Å². The number of benzene rings is 1. The van der Waals surface area contributed by atoms with E-state index >= 15 is 0 Å². The minimum absolute atomic E-state index is 0.0548. The van der Waals surface area contributed by atoms with Crippen molar-refractivity contribution in [3.8, 4) is 17.6 Å². The van der Waals surface area contributed by atoms with Crippen LogP contribution in [-0.4, -0.2) is 46.4 Å². The highest BCUT2D eigenvalue weighted by atomic mass is 16.5. The molecule has 0 aromatic heterocycles. The smallest absolute Gasteiger partial charge is 0.263 e. The molecule has 1 aromatic rings. The Morgan fingerprint density at radius 3 is 2.57 bits per heavy atom. The molecule has 7 heteroatoms. The molecule has 1 amide bonds. The summed E-state index contributed by atoms with van der Waals surface area (Å²) in [5.74, 6) is 0.972. The SMILES string of the molecule is CCCCOCCCNC(=O)/C(C#N)=C\NCCc1ccc(OC)c(OC)c1. The summed E-state index contributed by atoms with van der Waals surface area (Å²) < 4.78 is 15.9. The third-order valence-corrected chi connectivity index (χ3v) is 4.01. The highest BCUT2D eigenvalue weighted by Gasteiger charge is 2.08. The zero-order chi connectivity index (χ0) is 20.6. The van der Waals surface area contributed by atoms with Crippen molar-refractivity contribution in [3.63, 3.8) is 0 Å². The van der Waals surface area contributed by atoms with Gasteiger partial charge in [-0.1, -0.05) is 19.4 Å². The van der Waals surface area contributed by atoms with Crippen molar-refractivity contribution in [3.05, 3.63) is 35.5 Å². The van der Waals surface area contributed by atoms with Crippen LogP contribution in [-0.2, 0) is 16.0 Å². The van der Waals surface area contributed by atoms with Gasteiger partial charge in [-0.2, -0.15) is 5.26 Å². The van der Waals surface area contributed by atoms with E-state index in [9.17, 15) is 4.79 Å². The highest BCUT2D eigenvalue weighted by molar-refractivity contribution is 5.97. The Morgan fingerprint density at radius 1 is 1.14 bits per heavy atom. The molecule has 0 radical (unpaired) electrons. The van der Waals surface area contributed by atoms with Crippen molar-refractivity contribution in [2.75, 3.05) is 40.5 Å². The molecular formula is C21H31N3O4. The van der Waals surface area contributed by atoms with Gasteiger partial charge in [0.15, 0.2) is 11.5 Å². The molecule has 0 aliphatic carbocycles. The van der Waals surface area contributed by atoms with E-state index in [0.29, 0.717) is 37.6 Å². The van der Waals surface area contributed by atoms with Gasteiger partial charge in [0, 0.05) is 32.5 Å². The van der Waals surface area contributed by atoms with Crippen LogP contribution < -0.4 is 20.1 Å². The van der Waals surface area contributed by atoms with E-state index in [4.69, 9.17) is 19.5 Å². The molecule has 7 nitrogen and oxygen atoms in total. The van der Waals surface area contributed by atoms with Crippen molar-refractivity contribution in [2.24, 2.45) is 0 Å². The van der Waals surface area contributed by atoms with Gasteiger partial charge in [-0.25, -0.2) is 0 Å². The minimum Gasteiger partial charge on any atom is -0.493 e. The molecule has 0 fully saturated rings. The van der Waals surface area contributed by atoms with Gasteiger partial charge in [0.2, 0.25) is 0 Å². The van der Waals surface area contributed by atoms with Crippen LogP contribution in [0.25, 0.3) is 0 Å². The van der Waals surface area contributed by atoms with E-state index in [1.54, 1.807) is 14.2 Å². The Hall–Kier alpha value is -2.72. The molecule has 0 aliphatic rings. The number of carbonyl (C=O) groups excluding carboxylic acids is 1. The molecule has 1 aromatic carbocycles. The van der Waals surface area contributed by atoms with Crippen molar-refractivity contribution in [1.29, 1.82) is 5.26 Å². The Kier molecular flexibility index (Phi) is 12.0. The summed E-state index contributed by atoms with van der Waals surface area (Å²) >= 11 is 0. The number of unbranched alkanes of at least 4 members (excludes halogenated alkanes) is 1. The van der Waals surface area contributed by atoms with E-state index in [1.165, 1.54) is 6.20 Å². The van der Waals surface area contributed by atoms with E-state index in [1.807, 2.05) is 24.3 Å². The zero-order valence-electron chi connectivity index (χ0n) is 17.0. The molecule has 0 unspecified atom stereocenters. The molecule has 0 bridgehead atoms. The minimum atomic E-state index is -0.380. The number of nitrogens with one attached hydrogen (secondary N) is 2. The van der Waals surface area contributed by atoms with Crippen LogP contribution in [0.4, 0.5) is 0 Å². The predicted molar refractivity (Wildman–Crippen MR) is 108 cm³/mol. The fraction of sp³-hybridized carbons (Fsp3) is 0.524. The number of amides is 1. The van der Waals surface area contributed by atoms with Gasteiger partial charge in [-0.05, 0) is 37.0 Å². The molecule has 0 saturated heterocycles. The average molecular weight is 389 g/mol. The number of methoxy groups -OCH3 is 2. The van der Waals surface area contributed by atoms with E-state index < -0.39 is 0 Å². The summed E-state index contributed by atoms with van der Waals surface area (Å²) in [4.78, 5) is 12.0. The molecular weight excluding hydrogens is 358 g/mol. The Labute approximate surface area is 167 Å². The van der Waals surface area contributed by atoms with Crippen molar-refractivity contribution < 1.29 is 19.0 Å². The monoisotopic (exact) mass is 389 g/mol. The van der Waals surface area contributed by atoms with Gasteiger partial charge in [-0.15, -0.1) is 0 Å². The molecule has 0 saturated carbocycles. The fourth-order valence-electron chi connectivity index (χ4n) is 2.40. The van der Waals surface area contributed by atoms with Gasteiger partial charge >= 0.3 is 0 Å². The lowest BCUT2D eigenvalue weighted by molar-refractivity contribution is -0.117. The lowest BCUT2D eigenvalue weighted by atomic mass is 10.1. The maximum absolute atomic E-state index is 12.0. The summed E-state index contributed by atoms with van der Waals surface area (Å²) in [6, 6.07) is 7.63. The molecule has 1 rings (SSSR count). The fourth-order valence-corrected chi connectivity index (χ4v) is 2.40. The number of ether oxygens (including phenoxy) is 3. The molecule has 0 spiro atoms. The Balaban J connectivity index is 2.34. The van der Waals surface area contributed by atoms with E-state index in [-0.39, 0.29) is 11.5 Å². The van der Waals surface area contributed by atoms with Crippen molar-refractivity contribution >= 4 is 5.91 Å². The summed E-state index contributed by atoms with van der Waals surface area (Å²) in [7, 11) is 3.19. The summed E-state index contributed by atoms with van der Waals surface area (Å²) in [5.41, 5.74) is 1.11. The van der Waals surface area contributed by atoms with Crippen LogP contribution >= 0.6 is 0 Å². The normalized spacial score (nSPS) is 10.9. The highest BCUT2D eigenvalue weighted by Crippen LogP contribution is 2.27. The largest absolute Gasteiger partial charge is 0.493 e. The van der Waals surface area contributed by atoms with Gasteiger partial charge in [0.1, 0.15) is 11.6 Å². The zero-order valence-corrected chi connectivity index (χ0v) is 17.0. The first-order valence-electron chi connectivity index (χ1n) is 9.56. The van der Waals surface area contributed by atoms with Crippen LogP contribution in [0.15, 0.2) is 30.0 Å². The van der Waals surface area contributed by atoms with Crippen molar-refractivity contribution in [1.82, 2.24) is 10.6 Å². The van der Waals surface area contributed by atoms with Crippen LogP contribution in [0.5, 0.6) is 11.5 Å². The van der Waals surface area contributed by atoms with E-state index in [0.717, 1.165) is 31.4 Å². The third kappa shape index (κ3) is 8.78. The first kappa shape index (κ1) is 23.3. The van der Waals surface area contributed by atoms with Crippen LogP contribution in [0.2, 0.25) is 0 Å². The number of nitrogens with zero attached hydrogens (tertiary/aromatic N) is 1. The first-order valence-corrected chi connectivity index (χ1v) is 9.56. The quantitative estimate of drug-likeness (QED) is 0.289. The molecule has 154 valence electrons. The lowest BCUT2D eigenvalue weighted by Crippen LogP contribution is -2.27. The molecule has 0 aliphatic heterocycles. The average Bonchev–Trinajstić information content (AvgIpc) is 2.72. The standard InChI is InChI=1S/C21H31N3O4/c1-4-5-12-28-13-6-10-24-21(25)18(15-22)16-23-11-9-17-7-8-19(26-2)20(14-17)27-3/h7-8,14,16,23H,4-6,9-13H2,1-3H3,(H,24,25)/b18-16-. The van der Waals surface area contributed by atoms with Gasteiger partial charge in [-0.3, -0.25) is 4.79 Å². The maximum Gasteiger partial charge on any atom is 0.263 e. The second kappa shape index (κ2) is 14.4. The molecule has 0 heterocycles. The Bertz CT molecular complexity index is 668. The van der Waals surface area contributed by atoms with Crippen LogP contribution in [0, 0.1) is 11.3 Å². The predicted octanol–water partition coefficient (Wildman–Crippen LogP) is 2.57. The summed E-state index contributed by atoms with van der Waals surface area (Å²) in [5, 5.41) is 14.9. The topological polar surface area (TPSA) is 92.6 Å². The Morgan fingerprint density at radius 2 is 1.89 bits per heavy atom.